The lowest BCUT2D eigenvalue weighted by atomic mass is 10.1. The molecule has 2 rings (SSSR count). The number of nitrogens with two attached hydrogens (primary N) is 1. The van der Waals surface area contributed by atoms with Crippen LogP contribution in [0.1, 0.15) is 0 Å². The highest BCUT2D eigenvalue weighted by Gasteiger charge is 2.08. The van der Waals surface area contributed by atoms with Crippen LogP contribution in [0.4, 0.5) is 0 Å². The van der Waals surface area contributed by atoms with Gasteiger partial charge in [-0.05, 0) is 11.5 Å². The number of ether oxygens (including phenoxy) is 2. The van der Waals surface area contributed by atoms with E-state index in [4.69, 9.17) is 15.2 Å². The molecule has 0 bridgehead atoms. The minimum atomic E-state index is 0.495. The summed E-state index contributed by atoms with van der Waals surface area (Å²) < 4.78 is 10.9. The fourth-order valence-corrected chi connectivity index (χ4v) is 1.72. The van der Waals surface area contributed by atoms with Crippen LogP contribution in [0.25, 0.3) is 10.8 Å². The second-order valence-electron chi connectivity index (χ2n) is 3.46. The Hall–Kier alpha value is -1.74. The van der Waals surface area contributed by atoms with Crippen molar-refractivity contribution in [1.82, 2.24) is 0 Å². The monoisotopic (exact) mass is 217 g/mol. The van der Waals surface area contributed by atoms with Crippen LogP contribution < -0.4 is 15.2 Å². The van der Waals surface area contributed by atoms with Gasteiger partial charge in [-0.25, -0.2) is 0 Å². The van der Waals surface area contributed by atoms with Gasteiger partial charge in [0.2, 0.25) is 0 Å². The molecule has 2 aromatic carbocycles. The second kappa shape index (κ2) is 4.86. The third-order valence-electron chi connectivity index (χ3n) is 2.42. The molecule has 3 nitrogen and oxygen atoms in total. The van der Waals surface area contributed by atoms with E-state index < -0.39 is 0 Å². The summed E-state index contributed by atoms with van der Waals surface area (Å²) in [6, 6.07) is 12.0. The van der Waals surface area contributed by atoms with Crippen molar-refractivity contribution in [3.63, 3.8) is 0 Å². The zero-order valence-corrected chi connectivity index (χ0v) is 9.27. The maximum Gasteiger partial charge on any atom is 0.168 e. The van der Waals surface area contributed by atoms with Crippen LogP contribution in [0.3, 0.4) is 0 Å². The van der Waals surface area contributed by atoms with Gasteiger partial charge in [-0.2, -0.15) is 0 Å². The van der Waals surface area contributed by atoms with E-state index in [2.05, 4.69) is 0 Å². The standard InChI is InChI=1S/C13H15NO2/c1-15-13-11-5-3-2-4-10(11)6-7-12(13)16-9-8-14/h2-7H,8-9,14H2,1H3. The summed E-state index contributed by atoms with van der Waals surface area (Å²) in [5.74, 6) is 1.51. The van der Waals surface area contributed by atoms with Crippen molar-refractivity contribution in [3.05, 3.63) is 36.4 Å². The molecule has 0 aliphatic heterocycles. The SMILES string of the molecule is COc1c(OCCN)ccc2ccccc12. The Bertz CT molecular complexity index is 482. The highest BCUT2D eigenvalue weighted by Crippen LogP contribution is 2.35. The van der Waals surface area contributed by atoms with Crippen LogP contribution in [0.2, 0.25) is 0 Å². The Morgan fingerprint density at radius 2 is 1.94 bits per heavy atom. The third-order valence-corrected chi connectivity index (χ3v) is 2.42. The van der Waals surface area contributed by atoms with Crippen LogP contribution in [-0.2, 0) is 0 Å². The summed E-state index contributed by atoms with van der Waals surface area (Å²) >= 11 is 0. The molecule has 0 spiro atoms. The molecule has 2 aromatic rings. The number of hydrogen-bond acceptors (Lipinski definition) is 3. The zero-order valence-electron chi connectivity index (χ0n) is 9.27. The van der Waals surface area contributed by atoms with E-state index >= 15 is 0 Å². The summed E-state index contributed by atoms with van der Waals surface area (Å²) in [4.78, 5) is 0. The van der Waals surface area contributed by atoms with Gasteiger partial charge in [-0.1, -0.05) is 30.3 Å². The lowest BCUT2D eigenvalue weighted by Gasteiger charge is -2.12. The van der Waals surface area contributed by atoms with Gasteiger partial charge in [0.1, 0.15) is 6.61 Å². The molecule has 0 fully saturated rings. The van der Waals surface area contributed by atoms with Gasteiger partial charge in [0.15, 0.2) is 11.5 Å². The highest BCUT2D eigenvalue weighted by atomic mass is 16.5. The quantitative estimate of drug-likeness (QED) is 0.853. The van der Waals surface area contributed by atoms with E-state index in [-0.39, 0.29) is 0 Å². The maximum absolute atomic E-state index is 5.54. The first-order chi connectivity index (χ1) is 7.86. The first-order valence-corrected chi connectivity index (χ1v) is 5.25. The Balaban J connectivity index is 2.50. The van der Waals surface area contributed by atoms with Crippen LogP contribution in [0, 0.1) is 0 Å². The molecule has 16 heavy (non-hydrogen) atoms. The van der Waals surface area contributed by atoms with Crippen molar-refractivity contribution >= 4 is 10.8 Å². The molecule has 0 amide bonds. The first kappa shape index (κ1) is 10.8. The summed E-state index contributed by atoms with van der Waals surface area (Å²) in [6.45, 7) is 0.991. The van der Waals surface area contributed by atoms with E-state index in [0.717, 1.165) is 22.3 Å². The normalized spacial score (nSPS) is 10.4. The predicted molar refractivity (Wildman–Crippen MR) is 65.0 cm³/mol. The average molecular weight is 217 g/mol. The van der Waals surface area contributed by atoms with Crippen LogP contribution in [0.5, 0.6) is 11.5 Å². The van der Waals surface area contributed by atoms with E-state index in [9.17, 15) is 0 Å². The number of hydrogen-bond donors (Lipinski definition) is 1. The molecular weight excluding hydrogens is 202 g/mol. The molecule has 3 heteroatoms. The zero-order chi connectivity index (χ0) is 11.4. The second-order valence-corrected chi connectivity index (χ2v) is 3.46. The number of fused-ring (bicyclic) bond motifs is 1. The fourth-order valence-electron chi connectivity index (χ4n) is 1.72. The van der Waals surface area contributed by atoms with Crippen LogP contribution in [0.15, 0.2) is 36.4 Å². The van der Waals surface area contributed by atoms with E-state index in [1.807, 2.05) is 36.4 Å². The summed E-state index contributed by atoms with van der Waals surface area (Å²) in [5, 5.41) is 2.19. The van der Waals surface area contributed by atoms with Gasteiger partial charge in [-0.15, -0.1) is 0 Å². The smallest absolute Gasteiger partial charge is 0.168 e. The summed E-state index contributed by atoms with van der Waals surface area (Å²) in [6.07, 6.45) is 0. The minimum Gasteiger partial charge on any atom is -0.492 e. The van der Waals surface area contributed by atoms with Crippen molar-refractivity contribution in [2.24, 2.45) is 5.73 Å². The Kier molecular flexibility index (Phi) is 3.27. The average Bonchev–Trinajstić information content (AvgIpc) is 2.35. The molecule has 0 atom stereocenters. The Labute approximate surface area is 94.8 Å². The van der Waals surface area contributed by atoms with Crippen molar-refractivity contribution in [3.8, 4) is 11.5 Å². The molecule has 2 N–H and O–H groups in total. The van der Waals surface area contributed by atoms with Gasteiger partial charge in [-0.3, -0.25) is 0 Å². The van der Waals surface area contributed by atoms with E-state index in [0.29, 0.717) is 13.2 Å². The third kappa shape index (κ3) is 1.95. The molecule has 0 radical (unpaired) electrons. The summed E-state index contributed by atoms with van der Waals surface area (Å²) in [7, 11) is 1.65. The molecule has 0 aromatic heterocycles. The lowest BCUT2D eigenvalue weighted by molar-refractivity contribution is 0.304. The van der Waals surface area contributed by atoms with Crippen LogP contribution in [-0.4, -0.2) is 20.3 Å². The molecule has 0 heterocycles. The fraction of sp³-hybridized carbons (Fsp3) is 0.231. The largest absolute Gasteiger partial charge is 0.492 e. The first-order valence-electron chi connectivity index (χ1n) is 5.25. The van der Waals surface area contributed by atoms with Crippen LogP contribution >= 0.6 is 0 Å². The molecular formula is C13H15NO2. The van der Waals surface area contributed by atoms with Gasteiger partial charge >= 0.3 is 0 Å². The molecule has 0 aliphatic carbocycles. The molecule has 0 saturated heterocycles. The van der Waals surface area contributed by atoms with Gasteiger partial charge in [0.05, 0.1) is 7.11 Å². The van der Waals surface area contributed by atoms with Gasteiger partial charge in [0, 0.05) is 11.9 Å². The maximum atomic E-state index is 5.54. The molecule has 0 unspecified atom stereocenters. The van der Waals surface area contributed by atoms with E-state index in [1.165, 1.54) is 0 Å². The molecule has 84 valence electrons. The highest BCUT2D eigenvalue weighted by molar-refractivity contribution is 5.90. The number of methoxy groups -OCH3 is 1. The molecule has 0 aliphatic rings. The summed E-state index contributed by atoms with van der Waals surface area (Å²) in [5.41, 5.74) is 5.41. The number of benzene rings is 2. The topological polar surface area (TPSA) is 44.5 Å². The van der Waals surface area contributed by atoms with Crippen molar-refractivity contribution in [1.29, 1.82) is 0 Å². The van der Waals surface area contributed by atoms with Crippen molar-refractivity contribution in [2.75, 3.05) is 20.3 Å². The Morgan fingerprint density at radius 1 is 1.12 bits per heavy atom. The van der Waals surface area contributed by atoms with E-state index in [1.54, 1.807) is 7.11 Å². The van der Waals surface area contributed by atoms with Gasteiger partial charge < -0.3 is 15.2 Å². The van der Waals surface area contributed by atoms with Gasteiger partial charge in [0.25, 0.3) is 0 Å². The number of rotatable bonds is 4. The van der Waals surface area contributed by atoms with Crippen molar-refractivity contribution in [2.45, 2.75) is 0 Å². The Morgan fingerprint density at radius 3 is 2.69 bits per heavy atom. The molecule has 0 saturated carbocycles. The minimum absolute atomic E-state index is 0.495. The predicted octanol–water partition coefficient (Wildman–Crippen LogP) is 2.19. The van der Waals surface area contributed by atoms with Crippen molar-refractivity contribution < 1.29 is 9.47 Å². The lowest BCUT2D eigenvalue weighted by Crippen LogP contribution is -2.11.